The summed E-state index contributed by atoms with van der Waals surface area (Å²) < 4.78 is 0. The second-order valence-electron chi connectivity index (χ2n) is 4.29. The number of anilines is 1. The molecule has 0 aliphatic carbocycles. The van der Waals surface area contributed by atoms with Crippen LogP contribution in [0.1, 0.15) is 24.0 Å². The molecule has 0 atom stereocenters. The van der Waals surface area contributed by atoms with Crippen molar-refractivity contribution in [2.24, 2.45) is 5.73 Å². The first kappa shape index (κ1) is 12.7. The lowest BCUT2D eigenvalue weighted by molar-refractivity contribution is -0.125. The summed E-state index contributed by atoms with van der Waals surface area (Å²) in [7, 11) is 0. The molecule has 5 nitrogen and oxygen atoms in total. The van der Waals surface area contributed by atoms with E-state index in [0.29, 0.717) is 18.7 Å². The van der Waals surface area contributed by atoms with Gasteiger partial charge in [0.1, 0.15) is 0 Å². The van der Waals surface area contributed by atoms with Gasteiger partial charge in [-0.1, -0.05) is 12.1 Å². The van der Waals surface area contributed by atoms with Gasteiger partial charge in [-0.25, -0.2) is 4.90 Å². The lowest BCUT2D eigenvalue weighted by atomic mass is 10.1. The number of carbonyl (C=O) groups excluding carboxylic acids is 2. The highest BCUT2D eigenvalue weighted by Crippen LogP contribution is 2.30. The molecule has 1 aliphatic rings. The summed E-state index contributed by atoms with van der Waals surface area (Å²) in [5, 5.41) is 8.72. The summed E-state index contributed by atoms with van der Waals surface area (Å²) >= 11 is 0. The number of hydrogen-bond donors (Lipinski definition) is 2. The van der Waals surface area contributed by atoms with Crippen molar-refractivity contribution < 1.29 is 14.7 Å². The monoisotopic (exact) mass is 248 g/mol. The third-order valence-electron chi connectivity index (χ3n) is 3.01. The Morgan fingerprint density at radius 3 is 2.89 bits per heavy atom. The Kier molecular flexibility index (Phi) is 3.74. The van der Waals surface area contributed by atoms with E-state index in [0.717, 1.165) is 11.1 Å². The van der Waals surface area contributed by atoms with Crippen molar-refractivity contribution >= 4 is 17.5 Å². The number of fused-ring (bicyclic) bond motifs is 1. The molecule has 0 saturated carbocycles. The Morgan fingerprint density at radius 1 is 1.44 bits per heavy atom. The minimum atomic E-state index is -0.256. The van der Waals surface area contributed by atoms with Gasteiger partial charge in [-0.05, 0) is 23.6 Å². The first-order valence-corrected chi connectivity index (χ1v) is 5.96. The van der Waals surface area contributed by atoms with Crippen LogP contribution in [0.5, 0.6) is 0 Å². The van der Waals surface area contributed by atoms with Crippen LogP contribution in [-0.2, 0) is 22.6 Å². The predicted molar refractivity (Wildman–Crippen MR) is 66.9 cm³/mol. The number of hydrogen-bond acceptors (Lipinski definition) is 4. The summed E-state index contributed by atoms with van der Waals surface area (Å²) in [4.78, 5) is 25.0. The molecule has 3 N–H and O–H groups in total. The minimum absolute atomic E-state index is 0.0489. The number of amides is 2. The van der Waals surface area contributed by atoms with E-state index in [1.54, 1.807) is 6.07 Å². The van der Waals surface area contributed by atoms with Crippen LogP contribution in [0, 0.1) is 0 Å². The number of aliphatic hydroxyl groups is 1. The van der Waals surface area contributed by atoms with Gasteiger partial charge >= 0.3 is 0 Å². The second kappa shape index (κ2) is 5.29. The predicted octanol–water partition coefficient (Wildman–Crippen LogP) is 0.333. The van der Waals surface area contributed by atoms with Crippen LogP contribution in [0.4, 0.5) is 5.69 Å². The van der Waals surface area contributed by atoms with Gasteiger partial charge in [0, 0.05) is 19.6 Å². The Labute approximate surface area is 105 Å². The van der Waals surface area contributed by atoms with Gasteiger partial charge in [-0.2, -0.15) is 0 Å². The molecule has 0 saturated heterocycles. The van der Waals surface area contributed by atoms with Crippen LogP contribution in [-0.4, -0.2) is 23.5 Å². The van der Waals surface area contributed by atoms with E-state index in [2.05, 4.69) is 0 Å². The molecule has 0 fully saturated rings. The third kappa shape index (κ3) is 2.27. The van der Waals surface area contributed by atoms with Gasteiger partial charge in [-0.15, -0.1) is 0 Å². The van der Waals surface area contributed by atoms with E-state index >= 15 is 0 Å². The zero-order valence-corrected chi connectivity index (χ0v) is 10.1. The highest BCUT2D eigenvalue weighted by Gasteiger charge is 2.31. The largest absolute Gasteiger partial charge is 0.396 e. The van der Waals surface area contributed by atoms with Crippen LogP contribution in [0.2, 0.25) is 0 Å². The van der Waals surface area contributed by atoms with Crippen LogP contribution < -0.4 is 10.6 Å². The molecule has 5 heteroatoms. The Bertz CT molecular complexity index is 485. The molecular weight excluding hydrogens is 232 g/mol. The average Bonchev–Trinajstić information content (AvgIpc) is 2.70. The fraction of sp³-hybridized carbons (Fsp3) is 0.385. The smallest absolute Gasteiger partial charge is 0.238 e. The molecule has 0 spiro atoms. The summed E-state index contributed by atoms with van der Waals surface area (Å²) in [6.07, 6.45) is 0.799. The van der Waals surface area contributed by atoms with Crippen LogP contribution in [0.15, 0.2) is 18.2 Å². The molecule has 96 valence electrons. The van der Waals surface area contributed by atoms with E-state index < -0.39 is 0 Å². The number of imide groups is 1. The first-order valence-electron chi connectivity index (χ1n) is 5.96. The fourth-order valence-corrected chi connectivity index (χ4v) is 2.12. The fourth-order valence-electron chi connectivity index (χ4n) is 2.12. The van der Waals surface area contributed by atoms with Crippen molar-refractivity contribution in [3.8, 4) is 0 Å². The molecule has 0 radical (unpaired) electrons. The van der Waals surface area contributed by atoms with Gasteiger partial charge in [0.05, 0.1) is 12.1 Å². The number of benzene rings is 1. The molecule has 2 amide bonds. The van der Waals surface area contributed by atoms with Crippen LogP contribution in [0.25, 0.3) is 0 Å². The van der Waals surface area contributed by atoms with Crippen molar-refractivity contribution in [1.29, 1.82) is 0 Å². The summed E-state index contributed by atoms with van der Waals surface area (Å²) in [5.74, 6) is -0.463. The number of nitrogens with zero attached hydrogens (tertiary/aromatic N) is 1. The van der Waals surface area contributed by atoms with Gasteiger partial charge in [0.15, 0.2) is 0 Å². The van der Waals surface area contributed by atoms with Gasteiger partial charge in [0.2, 0.25) is 11.8 Å². The van der Waals surface area contributed by atoms with E-state index in [9.17, 15) is 9.59 Å². The van der Waals surface area contributed by atoms with Crippen molar-refractivity contribution in [3.05, 3.63) is 29.3 Å². The minimum Gasteiger partial charge on any atom is -0.396 e. The Morgan fingerprint density at radius 2 is 2.22 bits per heavy atom. The van der Waals surface area contributed by atoms with Crippen molar-refractivity contribution in [2.75, 3.05) is 11.5 Å². The third-order valence-corrected chi connectivity index (χ3v) is 3.01. The molecule has 2 rings (SSSR count). The van der Waals surface area contributed by atoms with E-state index in [1.807, 2.05) is 12.1 Å². The molecular formula is C13H16N2O3. The van der Waals surface area contributed by atoms with Gasteiger partial charge < -0.3 is 10.8 Å². The molecule has 0 unspecified atom stereocenters. The first-order chi connectivity index (χ1) is 8.67. The maximum Gasteiger partial charge on any atom is 0.238 e. The van der Waals surface area contributed by atoms with Crippen LogP contribution in [0.3, 0.4) is 0 Å². The van der Waals surface area contributed by atoms with Gasteiger partial charge in [0.25, 0.3) is 0 Å². The quantitative estimate of drug-likeness (QED) is 0.804. The molecule has 1 aromatic carbocycles. The number of nitrogens with two attached hydrogens (primary N) is 1. The topological polar surface area (TPSA) is 83.6 Å². The van der Waals surface area contributed by atoms with Crippen molar-refractivity contribution in [1.82, 2.24) is 0 Å². The SMILES string of the molecule is NCc1ccc2c(c1)CC(=O)N2C(=O)CCCO. The molecule has 18 heavy (non-hydrogen) atoms. The maximum atomic E-state index is 11.9. The number of rotatable bonds is 4. The molecule has 1 heterocycles. The van der Waals surface area contributed by atoms with Crippen molar-refractivity contribution in [3.63, 3.8) is 0 Å². The molecule has 0 bridgehead atoms. The highest BCUT2D eigenvalue weighted by atomic mass is 16.3. The lowest BCUT2D eigenvalue weighted by Gasteiger charge is -2.15. The van der Waals surface area contributed by atoms with Crippen LogP contribution >= 0.6 is 0 Å². The normalized spacial score (nSPS) is 13.9. The average molecular weight is 248 g/mol. The van der Waals surface area contributed by atoms with E-state index in [1.165, 1.54) is 4.90 Å². The summed E-state index contributed by atoms with van der Waals surface area (Å²) in [6.45, 7) is 0.368. The highest BCUT2D eigenvalue weighted by molar-refractivity contribution is 6.19. The Balaban J connectivity index is 2.25. The summed E-state index contributed by atoms with van der Waals surface area (Å²) in [5.41, 5.74) is 8.00. The standard InChI is InChI=1S/C13H16N2O3/c14-8-9-3-4-11-10(6-9)7-13(18)15(11)12(17)2-1-5-16/h3-4,6,16H,1-2,5,7-8,14H2. The zero-order chi connectivity index (χ0) is 13.1. The molecule has 1 aliphatic heterocycles. The van der Waals surface area contributed by atoms with Crippen molar-refractivity contribution in [2.45, 2.75) is 25.8 Å². The van der Waals surface area contributed by atoms with E-state index in [-0.39, 0.29) is 31.3 Å². The number of carbonyl (C=O) groups is 2. The Hall–Kier alpha value is -1.72. The number of aliphatic hydroxyl groups excluding tert-OH is 1. The lowest BCUT2D eigenvalue weighted by Crippen LogP contribution is -2.33. The zero-order valence-electron chi connectivity index (χ0n) is 10.1. The summed E-state index contributed by atoms with van der Waals surface area (Å²) in [6, 6.07) is 5.45. The second-order valence-corrected chi connectivity index (χ2v) is 4.29. The molecule has 1 aromatic rings. The molecule has 0 aromatic heterocycles. The maximum absolute atomic E-state index is 11.9. The van der Waals surface area contributed by atoms with Gasteiger partial charge in [-0.3, -0.25) is 9.59 Å². The van der Waals surface area contributed by atoms with E-state index in [4.69, 9.17) is 10.8 Å².